The van der Waals surface area contributed by atoms with E-state index in [4.69, 9.17) is 11.6 Å². The standard InChI is InChI=1S/C21H19ClF4N4O/c1-12-3-8-17-18(9-27-30(17)15-6-4-14(23)5-7-15)29(12)19(31)11-28-10-16(21(24,25)26)20(22)13(28)2/h4-7,9-10,12H,3,8,11H2,1-2H3. The van der Waals surface area contributed by atoms with Gasteiger partial charge in [-0.25, -0.2) is 9.07 Å². The summed E-state index contributed by atoms with van der Waals surface area (Å²) in [6.07, 6.45) is -0.858. The van der Waals surface area contributed by atoms with Gasteiger partial charge in [-0.15, -0.1) is 0 Å². The van der Waals surface area contributed by atoms with Crippen molar-refractivity contribution in [3.63, 3.8) is 0 Å². The van der Waals surface area contributed by atoms with Crippen molar-refractivity contribution in [1.29, 1.82) is 0 Å². The van der Waals surface area contributed by atoms with Crippen molar-refractivity contribution in [2.75, 3.05) is 4.90 Å². The molecule has 0 N–H and O–H groups in total. The Labute approximate surface area is 180 Å². The third-order valence-corrected chi connectivity index (χ3v) is 6.04. The lowest BCUT2D eigenvalue weighted by molar-refractivity contribution is -0.137. The Morgan fingerprint density at radius 1 is 1.26 bits per heavy atom. The number of alkyl halides is 3. The first kappa shape index (κ1) is 21.4. The zero-order valence-electron chi connectivity index (χ0n) is 16.7. The van der Waals surface area contributed by atoms with Crippen LogP contribution in [0.4, 0.5) is 23.2 Å². The van der Waals surface area contributed by atoms with Crippen LogP contribution < -0.4 is 4.90 Å². The highest BCUT2D eigenvalue weighted by molar-refractivity contribution is 6.32. The second-order valence-corrected chi connectivity index (χ2v) is 7.96. The van der Waals surface area contributed by atoms with Crippen LogP contribution in [0.3, 0.4) is 0 Å². The van der Waals surface area contributed by atoms with Crippen LogP contribution in [0.25, 0.3) is 5.69 Å². The van der Waals surface area contributed by atoms with E-state index in [1.54, 1.807) is 27.9 Å². The summed E-state index contributed by atoms with van der Waals surface area (Å²) in [7, 11) is 0. The van der Waals surface area contributed by atoms with Crippen molar-refractivity contribution >= 4 is 23.2 Å². The summed E-state index contributed by atoms with van der Waals surface area (Å²) in [5.41, 5.74) is 1.26. The van der Waals surface area contributed by atoms with E-state index in [0.29, 0.717) is 24.2 Å². The van der Waals surface area contributed by atoms with Crippen LogP contribution >= 0.6 is 11.6 Å². The lowest BCUT2D eigenvalue weighted by Gasteiger charge is -2.33. The SMILES string of the molecule is Cc1c(Cl)c(C(F)(F)F)cn1CC(=O)N1c2cnn(-c3ccc(F)cc3)c2CCC1C. The first-order valence-corrected chi connectivity index (χ1v) is 10.0. The number of hydrogen-bond acceptors (Lipinski definition) is 2. The number of carbonyl (C=O) groups is 1. The molecule has 1 aromatic carbocycles. The summed E-state index contributed by atoms with van der Waals surface area (Å²) in [5, 5.41) is 3.96. The molecule has 0 bridgehead atoms. The van der Waals surface area contributed by atoms with E-state index in [2.05, 4.69) is 5.10 Å². The fourth-order valence-corrected chi connectivity index (χ4v) is 4.18. The molecule has 31 heavy (non-hydrogen) atoms. The van der Waals surface area contributed by atoms with Gasteiger partial charge in [-0.3, -0.25) is 4.79 Å². The van der Waals surface area contributed by atoms with Gasteiger partial charge in [0.15, 0.2) is 0 Å². The Morgan fingerprint density at radius 2 is 1.94 bits per heavy atom. The van der Waals surface area contributed by atoms with E-state index in [9.17, 15) is 22.4 Å². The van der Waals surface area contributed by atoms with Gasteiger partial charge < -0.3 is 9.47 Å². The highest BCUT2D eigenvalue weighted by atomic mass is 35.5. The molecule has 0 spiro atoms. The minimum atomic E-state index is -4.60. The average Bonchev–Trinajstić information content (AvgIpc) is 3.24. The van der Waals surface area contributed by atoms with E-state index >= 15 is 0 Å². The molecule has 1 aliphatic heterocycles. The lowest BCUT2D eigenvalue weighted by atomic mass is 10.0. The summed E-state index contributed by atoms with van der Waals surface area (Å²) in [5.74, 6) is -0.732. The summed E-state index contributed by atoms with van der Waals surface area (Å²) >= 11 is 5.85. The lowest BCUT2D eigenvalue weighted by Crippen LogP contribution is -2.43. The quantitative estimate of drug-likeness (QED) is 0.513. The molecule has 0 aliphatic carbocycles. The highest BCUT2D eigenvalue weighted by Gasteiger charge is 2.37. The largest absolute Gasteiger partial charge is 0.419 e. The molecule has 164 valence electrons. The van der Waals surface area contributed by atoms with Gasteiger partial charge in [0.2, 0.25) is 5.91 Å². The van der Waals surface area contributed by atoms with Crippen molar-refractivity contribution in [1.82, 2.24) is 14.3 Å². The molecule has 0 saturated carbocycles. The second-order valence-electron chi connectivity index (χ2n) is 7.58. The number of amides is 1. The van der Waals surface area contributed by atoms with E-state index < -0.39 is 16.8 Å². The molecule has 3 heterocycles. The van der Waals surface area contributed by atoms with Crippen molar-refractivity contribution in [2.45, 2.75) is 45.5 Å². The smallest absolute Gasteiger partial charge is 0.340 e. The Kier molecular flexibility index (Phi) is 5.33. The van der Waals surface area contributed by atoms with Crippen LogP contribution in [-0.2, 0) is 23.9 Å². The van der Waals surface area contributed by atoms with Gasteiger partial charge in [-0.2, -0.15) is 18.3 Å². The number of hydrogen-bond donors (Lipinski definition) is 0. The van der Waals surface area contributed by atoms with E-state index in [-0.39, 0.29) is 30.0 Å². The fourth-order valence-electron chi connectivity index (χ4n) is 3.91. The molecule has 1 aliphatic rings. The van der Waals surface area contributed by atoms with Crippen molar-refractivity contribution < 1.29 is 22.4 Å². The molecule has 5 nitrogen and oxygen atoms in total. The highest BCUT2D eigenvalue weighted by Crippen LogP contribution is 2.38. The van der Waals surface area contributed by atoms with Crippen LogP contribution in [0.15, 0.2) is 36.7 Å². The molecule has 2 aromatic heterocycles. The van der Waals surface area contributed by atoms with Gasteiger partial charge in [0.1, 0.15) is 12.4 Å². The average molecular weight is 455 g/mol. The van der Waals surface area contributed by atoms with E-state index in [0.717, 1.165) is 11.9 Å². The Bertz CT molecular complexity index is 1130. The number of benzene rings is 1. The molecule has 3 aromatic rings. The second kappa shape index (κ2) is 7.71. The number of anilines is 1. The number of carbonyl (C=O) groups excluding carboxylic acids is 1. The molecule has 10 heteroatoms. The molecule has 0 radical (unpaired) electrons. The van der Waals surface area contributed by atoms with Gasteiger partial charge >= 0.3 is 6.18 Å². The first-order valence-electron chi connectivity index (χ1n) is 9.65. The van der Waals surface area contributed by atoms with Crippen LogP contribution in [0.1, 0.15) is 30.3 Å². The van der Waals surface area contributed by atoms with Crippen molar-refractivity contribution in [3.05, 3.63) is 64.5 Å². The predicted octanol–water partition coefficient (Wildman–Crippen LogP) is 5.16. The number of fused-ring (bicyclic) bond motifs is 1. The Morgan fingerprint density at radius 3 is 2.55 bits per heavy atom. The summed E-state index contributed by atoms with van der Waals surface area (Å²) in [6.45, 7) is 3.04. The molecule has 0 fully saturated rings. The number of aromatic nitrogens is 3. The van der Waals surface area contributed by atoms with Crippen LogP contribution in [0.2, 0.25) is 5.02 Å². The Balaban J connectivity index is 1.66. The van der Waals surface area contributed by atoms with Crippen molar-refractivity contribution in [3.8, 4) is 5.69 Å². The summed E-state index contributed by atoms with van der Waals surface area (Å²) in [6, 6.07) is 5.69. The molecule has 0 saturated heterocycles. The first-order chi connectivity index (χ1) is 14.6. The van der Waals surface area contributed by atoms with E-state index in [1.807, 2.05) is 6.92 Å². The summed E-state index contributed by atoms with van der Waals surface area (Å²) in [4.78, 5) is 14.7. The normalized spacial score (nSPS) is 16.5. The Hall–Kier alpha value is -2.81. The molecule has 1 amide bonds. The third-order valence-electron chi connectivity index (χ3n) is 5.57. The zero-order valence-corrected chi connectivity index (χ0v) is 17.5. The number of rotatable bonds is 3. The van der Waals surface area contributed by atoms with Gasteiger partial charge in [-0.05, 0) is 51.0 Å². The van der Waals surface area contributed by atoms with Gasteiger partial charge in [-0.1, -0.05) is 11.6 Å². The van der Waals surface area contributed by atoms with Gasteiger partial charge in [0.25, 0.3) is 0 Å². The maximum Gasteiger partial charge on any atom is 0.419 e. The fraction of sp³-hybridized carbons (Fsp3) is 0.333. The van der Waals surface area contributed by atoms with Crippen LogP contribution in [-0.4, -0.2) is 26.3 Å². The monoisotopic (exact) mass is 454 g/mol. The molecular weight excluding hydrogens is 436 g/mol. The maximum absolute atomic E-state index is 13.3. The minimum Gasteiger partial charge on any atom is -0.340 e. The molecule has 1 unspecified atom stereocenters. The molecule has 1 atom stereocenters. The molecular formula is C21H19ClF4N4O. The zero-order chi connectivity index (χ0) is 22.5. The van der Waals surface area contributed by atoms with Gasteiger partial charge in [0, 0.05) is 17.9 Å². The topological polar surface area (TPSA) is 43.1 Å². The van der Waals surface area contributed by atoms with Crippen molar-refractivity contribution in [2.24, 2.45) is 0 Å². The third kappa shape index (κ3) is 3.82. The van der Waals surface area contributed by atoms with Crippen LogP contribution in [0, 0.1) is 12.7 Å². The maximum atomic E-state index is 13.3. The minimum absolute atomic E-state index is 0.153. The van der Waals surface area contributed by atoms with E-state index in [1.165, 1.54) is 23.6 Å². The number of nitrogens with zero attached hydrogens (tertiary/aromatic N) is 4. The van der Waals surface area contributed by atoms with Gasteiger partial charge in [0.05, 0.1) is 33.9 Å². The predicted molar refractivity (Wildman–Crippen MR) is 108 cm³/mol. The summed E-state index contributed by atoms with van der Waals surface area (Å²) < 4.78 is 55.6. The van der Waals surface area contributed by atoms with Crippen LogP contribution in [0.5, 0.6) is 0 Å². The number of halogens is 5. The molecule has 4 rings (SSSR count).